The Morgan fingerprint density at radius 1 is 1.15 bits per heavy atom. The zero-order valence-electron chi connectivity index (χ0n) is 15.2. The quantitative estimate of drug-likeness (QED) is 0.625. The molecule has 8 nitrogen and oxygen atoms in total. The molecule has 0 saturated carbocycles. The second-order valence-corrected chi connectivity index (χ2v) is 6.07. The van der Waals surface area contributed by atoms with Gasteiger partial charge in [-0.2, -0.15) is 0 Å². The van der Waals surface area contributed by atoms with Crippen LogP contribution in [0.25, 0.3) is 0 Å². The number of benzene rings is 1. The summed E-state index contributed by atoms with van der Waals surface area (Å²) in [7, 11) is 3.98. The van der Waals surface area contributed by atoms with Gasteiger partial charge in [-0.05, 0) is 51.3 Å². The van der Waals surface area contributed by atoms with E-state index in [1.165, 1.54) is 13.1 Å². The van der Waals surface area contributed by atoms with E-state index in [1.54, 1.807) is 24.3 Å². The van der Waals surface area contributed by atoms with Crippen LogP contribution in [-0.2, 0) is 4.79 Å². The Balaban J connectivity index is 1.98. The summed E-state index contributed by atoms with van der Waals surface area (Å²) in [6.45, 7) is 2.94. The molecule has 0 bridgehead atoms. The van der Waals surface area contributed by atoms with Gasteiger partial charge in [0.05, 0.1) is 0 Å². The highest BCUT2D eigenvalue weighted by molar-refractivity contribution is 5.92. The lowest BCUT2D eigenvalue weighted by molar-refractivity contribution is -0.114. The third kappa shape index (κ3) is 6.48. The van der Waals surface area contributed by atoms with Crippen molar-refractivity contribution in [3.63, 3.8) is 0 Å². The number of aromatic nitrogens is 2. The highest BCUT2D eigenvalue weighted by atomic mass is 16.2. The van der Waals surface area contributed by atoms with Crippen molar-refractivity contribution in [2.24, 2.45) is 0 Å². The van der Waals surface area contributed by atoms with Gasteiger partial charge in [0.15, 0.2) is 0 Å². The lowest BCUT2D eigenvalue weighted by atomic mass is 10.2. The summed E-state index contributed by atoms with van der Waals surface area (Å²) >= 11 is 0. The van der Waals surface area contributed by atoms with E-state index < -0.39 is 0 Å². The van der Waals surface area contributed by atoms with Gasteiger partial charge >= 0.3 is 0 Å². The Labute approximate surface area is 153 Å². The fourth-order valence-electron chi connectivity index (χ4n) is 2.24. The smallest absolute Gasteiger partial charge is 0.270 e. The Morgan fingerprint density at radius 2 is 1.92 bits per heavy atom. The Bertz CT molecular complexity index is 763. The first-order valence-electron chi connectivity index (χ1n) is 8.34. The van der Waals surface area contributed by atoms with Crippen molar-refractivity contribution in [2.45, 2.75) is 13.3 Å². The van der Waals surface area contributed by atoms with Crippen LogP contribution in [0.1, 0.15) is 23.8 Å². The average molecular weight is 356 g/mol. The molecule has 8 heteroatoms. The summed E-state index contributed by atoms with van der Waals surface area (Å²) in [5.41, 5.74) is 1.67. The van der Waals surface area contributed by atoms with Crippen LogP contribution in [0.15, 0.2) is 36.5 Å². The molecule has 0 aliphatic rings. The third-order valence-electron chi connectivity index (χ3n) is 3.39. The molecule has 0 unspecified atom stereocenters. The van der Waals surface area contributed by atoms with Crippen LogP contribution >= 0.6 is 0 Å². The standard InChI is InChI=1S/C18H24N6O2/c1-13(25)21-14-6-4-7-15(12-14)22-18-20-10-8-16(23-18)17(26)19-9-5-11-24(2)3/h4,6-8,10,12H,5,9,11H2,1-3H3,(H,19,26)(H,21,25)(H,20,22,23). The van der Waals surface area contributed by atoms with Crippen LogP contribution in [0.3, 0.4) is 0 Å². The van der Waals surface area contributed by atoms with Crippen LogP contribution in [-0.4, -0.2) is 53.9 Å². The van der Waals surface area contributed by atoms with E-state index in [2.05, 4.69) is 30.8 Å². The van der Waals surface area contributed by atoms with E-state index in [-0.39, 0.29) is 11.8 Å². The first kappa shape index (κ1) is 19.3. The van der Waals surface area contributed by atoms with Gasteiger partial charge in [0.2, 0.25) is 11.9 Å². The zero-order chi connectivity index (χ0) is 18.9. The lowest BCUT2D eigenvalue weighted by Gasteiger charge is -2.10. The van der Waals surface area contributed by atoms with Gasteiger partial charge in [0.25, 0.3) is 5.91 Å². The fraction of sp³-hybridized carbons (Fsp3) is 0.333. The second-order valence-electron chi connectivity index (χ2n) is 6.07. The monoisotopic (exact) mass is 356 g/mol. The summed E-state index contributed by atoms with van der Waals surface area (Å²) in [5.74, 6) is -0.0709. The molecule has 0 aliphatic heterocycles. The number of rotatable bonds is 8. The van der Waals surface area contributed by atoms with Crippen LogP contribution in [0.5, 0.6) is 0 Å². The van der Waals surface area contributed by atoms with Crippen molar-refractivity contribution in [2.75, 3.05) is 37.8 Å². The minimum atomic E-state index is -0.235. The molecule has 0 saturated heterocycles. The molecule has 0 spiro atoms. The van der Waals surface area contributed by atoms with E-state index >= 15 is 0 Å². The van der Waals surface area contributed by atoms with Crippen molar-refractivity contribution >= 4 is 29.1 Å². The highest BCUT2D eigenvalue weighted by Gasteiger charge is 2.09. The van der Waals surface area contributed by atoms with Crippen molar-refractivity contribution in [1.82, 2.24) is 20.2 Å². The van der Waals surface area contributed by atoms with Crippen LogP contribution in [0.4, 0.5) is 17.3 Å². The van der Waals surface area contributed by atoms with E-state index in [4.69, 9.17) is 0 Å². The summed E-state index contributed by atoms with van der Waals surface area (Å²) in [6.07, 6.45) is 2.40. The van der Waals surface area contributed by atoms with Gasteiger partial charge in [0.1, 0.15) is 5.69 Å². The predicted molar refractivity (Wildman–Crippen MR) is 102 cm³/mol. The van der Waals surface area contributed by atoms with Crippen molar-refractivity contribution in [3.8, 4) is 0 Å². The molecule has 26 heavy (non-hydrogen) atoms. The fourth-order valence-corrected chi connectivity index (χ4v) is 2.24. The Hall–Kier alpha value is -3.00. The molecule has 138 valence electrons. The SMILES string of the molecule is CC(=O)Nc1cccc(Nc2nccc(C(=O)NCCCN(C)C)n2)c1. The molecule has 0 atom stereocenters. The number of nitrogens with one attached hydrogen (secondary N) is 3. The molecule has 1 aromatic carbocycles. The van der Waals surface area contributed by atoms with Crippen molar-refractivity contribution in [1.29, 1.82) is 0 Å². The molecule has 0 radical (unpaired) electrons. The first-order valence-corrected chi connectivity index (χ1v) is 8.34. The lowest BCUT2D eigenvalue weighted by Crippen LogP contribution is -2.28. The first-order chi connectivity index (χ1) is 12.4. The molecule has 3 N–H and O–H groups in total. The minimum Gasteiger partial charge on any atom is -0.351 e. The van der Waals surface area contributed by atoms with E-state index in [0.717, 1.165) is 13.0 Å². The molecule has 0 fully saturated rings. The van der Waals surface area contributed by atoms with Crippen molar-refractivity contribution in [3.05, 3.63) is 42.2 Å². The summed E-state index contributed by atoms with van der Waals surface area (Å²) in [5, 5.41) is 8.59. The van der Waals surface area contributed by atoms with Gasteiger partial charge in [-0.25, -0.2) is 9.97 Å². The minimum absolute atomic E-state index is 0.147. The number of anilines is 3. The van der Waals surface area contributed by atoms with E-state index in [9.17, 15) is 9.59 Å². The van der Waals surface area contributed by atoms with Crippen molar-refractivity contribution < 1.29 is 9.59 Å². The summed E-state index contributed by atoms with van der Waals surface area (Å²) in [4.78, 5) is 33.8. The molecule has 2 rings (SSSR count). The third-order valence-corrected chi connectivity index (χ3v) is 3.39. The number of nitrogens with zero attached hydrogens (tertiary/aromatic N) is 3. The summed E-state index contributed by atoms with van der Waals surface area (Å²) < 4.78 is 0. The molecular weight excluding hydrogens is 332 g/mol. The Morgan fingerprint density at radius 3 is 2.65 bits per heavy atom. The predicted octanol–water partition coefficient (Wildman–Crippen LogP) is 1.86. The maximum atomic E-state index is 12.2. The largest absolute Gasteiger partial charge is 0.351 e. The number of carbonyl (C=O) groups excluding carboxylic acids is 2. The average Bonchev–Trinajstić information content (AvgIpc) is 2.58. The molecular formula is C18H24N6O2. The van der Waals surface area contributed by atoms with Crippen LogP contribution in [0, 0.1) is 0 Å². The molecule has 1 aromatic heterocycles. The van der Waals surface area contributed by atoms with Gasteiger partial charge in [-0.3, -0.25) is 9.59 Å². The molecule has 2 aromatic rings. The second kappa shape index (κ2) is 9.47. The maximum absolute atomic E-state index is 12.2. The Kier molecular flexibility index (Phi) is 7.04. The normalized spacial score (nSPS) is 10.5. The van der Waals surface area contributed by atoms with Crippen LogP contribution < -0.4 is 16.0 Å². The number of hydrogen-bond donors (Lipinski definition) is 3. The van der Waals surface area contributed by atoms with Gasteiger partial charge in [-0.1, -0.05) is 6.07 Å². The van der Waals surface area contributed by atoms with Gasteiger partial charge in [-0.15, -0.1) is 0 Å². The van der Waals surface area contributed by atoms with Crippen LogP contribution in [0.2, 0.25) is 0 Å². The molecule has 2 amide bonds. The topological polar surface area (TPSA) is 99.2 Å². The maximum Gasteiger partial charge on any atom is 0.270 e. The molecule has 1 heterocycles. The number of hydrogen-bond acceptors (Lipinski definition) is 6. The zero-order valence-corrected chi connectivity index (χ0v) is 15.2. The van der Waals surface area contributed by atoms with E-state index in [1.807, 2.05) is 20.2 Å². The number of amides is 2. The molecule has 0 aliphatic carbocycles. The summed E-state index contributed by atoms with van der Waals surface area (Å²) in [6, 6.07) is 8.74. The van der Waals surface area contributed by atoms with Gasteiger partial charge < -0.3 is 20.9 Å². The number of carbonyl (C=O) groups is 2. The van der Waals surface area contributed by atoms with E-state index in [0.29, 0.717) is 29.6 Å². The highest BCUT2D eigenvalue weighted by Crippen LogP contribution is 2.18. The van der Waals surface area contributed by atoms with Gasteiger partial charge in [0, 0.05) is 31.0 Å².